The van der Waals surface area contributed by atoms with Crippen LogP contribution < -0.4 is 10.1 Å². The van der Waals surface area contributed by atoms with Gasteiger partial charge in [-0.3, -0.25) is 0 Å². The number of ether oxygens (including phenoxy) is 1. The SMILES string of the molecule is CC(C)(c1ccccc1)c1ccc(OCC[C@H]2CCCNC2)c(Br)c1. The van der Waals surface area contributed by atoms with E-state index in [9.17, 15) is 0 Å². The van der Waals surface area contributed by atoms with E-state index < -0.39 is 0 Å². The van der Waals surface area contributed by atoms with Crippen molar-refractivity contribution in [3.8, 4) is 5.75 Å². The third-order valence-corrected chi connectivity index (χ3v) is 5.95. The van der Waals surface area contributed by atoms with Crippen molar-refractivity contribution in [2.24, 2.45) is 5.92 Å². The number of hydrogen-bond acceptors (Lipinski definition) is 2. The fourth-order valence-electron chi connectivity index (χ4n) is 3.53. The predicted octanol–water partition coefficient (Wildman–Crippen LogP) is 5.54. The van der Waals surface area contributed by atoms with Gasteiger partial charge in [0.05, 0.1) is 11.1 Å². The van der Waals surface area contributed by atoms with Gasteiger partial charge in [0.25, 0.3) is 0 Å². The Kier molecular flexibility index (Phi) is 6.19. The van der Waals surface area contributed by atoms with Crippen LogP contribution in [0.2, 0.25) is 0 Å². The second kappa shape index (κ2) is 8.37. The molecule has 25 heavy (non-hydrogen) atoms. The van der Waals surface area contributed by atoms with Gasteiger partial charge in [0.2, 0.25) is 0 Å². The minimum Gasteiger partial charge on any atom is -0.492 e. The van der Waals surface area contributed by atoms with Crippen molar-refractivity contribution in [1.82, 2.24) is 5.32 Å². The molecule has 0 aromatic heterocycles. The van der Waals surface area contributed by atoms with E-state index in [4.69, 9.17) is 4.74 Å². The van der Waals surface area contributed by atoms with Gasteiger partial charge in [-0.1, -0.05) is 50.2 Å². The van der Waals surface area contributed by atoms with Crippen LogP contribution in [0.1, 0.15) is 44.2 Å². The van der Waals surface area contributed by atoms with Gasteiger partial charge in [-0.15, -0.1) is 0 Å². The molecular weight excluding hydrogens is 374 g/mol. The zero-order valence-corrected chi connectivity index (χ0v) is 16.8. The molecule has 3 heteroatoms. The van der Waals surface area contributed by atoms with Crippen LogP contribution in [0.5, 0.6) is 5.75 Å². The number of nitrogens with one attached hydrogen (secondary N) is 1. The van der Waals surface area contributed by atoms with Gasteiger partial charge in [-0.2, -0.15) is 0 Å². The predicted molar refractivity (Wildman–Crippen MR) is 108 cm³/mol. The monoisotopic (exact) mass is 401 g/mol. The summed E-state index contributed by atoms with van der Waals surface area (Å²) in [5.41, 5.74) is 2.57. The third-order valence-electron chi connectivity index (χ3n) is 5.33. The highest BCUT2D eigenvalue weighted by Gasteiger charge is 2.23. The lowest BCUT2D eigenvalue weighted by molar-refractivity contribution is 0.253. The van der Waals surface area contributed by atoms with Gasteiger partial charge in [-0.25, -0.2) is 0 Å². The van der Waals surface area contributed by atoms with E-state index >= 15 is 0 Å². The molecule has 0 unspecified atom stereocenters. The fourth-order valence-corrected chi connectivity index (χ4v) is 4.03. The molecule has 1 atom stereocenters. The van der Waals surface area contributed by atoms with Gasteiger partial charge in [0.15, 0.2) is 0 Å². The molecule has 134 valence electrons. The molecule has 1 aliphatic heterocycles. The zero-order valence-electron chi connectivity index (χ0n) is 15.2. The fraction of sp³-hybridized carbons (Fsp3) is 0.455. The largest absolute Gasteiger partial charge is 0.492 e. The summed E-state index contributed by atoms with van der Waals surface area (Å²) in [5, 5.41) is 3.47. The molecule has 0 aliphatic carbocycles. The van der Waals surface area contributed by atoms with Crippen molar-refractivity contribution >= 4 is 15.9 Å². The Bertz CT molecular complexity index is 678. The Morgan fingerprint density at radius 2 is 1.92 bits per heavy atom. The molecule has 1 heterocycles. The Morgan fingerprint density at radius 1 is 1.12 bits per heavy atom. The first-order valence-corrected chi connectivity index (χ1v) is 10.1. The average Bonchev–Trinajstić information content (AvgIpc) is 2.64. The van der Waals surface area contributed by atoms with Crippen molar-refractivity contribution in [2.75, 3.05) is 19.7 Å². The molecule has 2 aromatic carbocycles. The molecule has 1 fully saturated rings. The lowest BCUT2D eigenvalue weighted by Crippen LogP contribution is -2.30. The Hall–Kier alpha value is -1.32. The minimum atomic E-state index is -0.0317. The molecule has 0 spiro atoms. The maximum absolute atomic E-state index is 6.04. The lowest BCUT2D eigenvalue weighted by Gasteiger charge is -2.27. The lowest BCUT2D eigenvalue weighted by atomic mass is 9.78. The smallest absolute Gasteiger partial charge is 0.133 e. The van der Waals surface area contributed by atoms with Crippen molar-refractivity contribution in [1.29, 1.82) is 0 Å². The van der Waals surface area contributed by atoms with Gasteiger partial charge in [-0.05, 0) is 77.5 Å². The van der Waals surface area contributed by atoms with Crippen molar-refractivity contribution in [3.05, 3.63) is 64.1 Å². The molecule has 2 aromatic rings. The summed E-state index contributed by atoms with van der Waals surface area (Å²) in [6, 6.07) is 17.1. The highest BCUT2D eigenvalue weighted by Crippen LogP contribution is 2.36. The van der Waals surface area contributed by atoms with Gasteiger partial charge in [0.1, 0.15) is 5.75 Å². The second-order valence-corrected chi connectivity index (χ2v) is 8.34. The molecule has 0 bridgehead atoms. The van der Waals surface area contributed by atoms with Crippen LogP contribution in [0, 0.1) is 5.92 Å². The molecule has 2 nitrogen and oxygen atoms in total. The second-order valence-electron chi connectivity index (χ2n) is 7.49. The molecule has 0 saturated carbocycles. The number of piperidine rings is 1. The first-order chi connectivity index (χ1) is 12.1. The summed E-state index contributed by atoms with van der Waals surface area (Å²) in [4.78, 5) is 0. The summed E-state index contributed by atoms with van der Waals surface area (Å²) in [7, 11) is 0. The normalized spacial score (nSPS) is 18.1. The van der Waals surface area contributed by atoms with E-state index in [0.29, 0.717) is 0 Å². The number of benzene rings is 2. The maximum atomic E-state index is 6.04. The molecule has 1 N–H and O–H groups in total. The van der Waals surface area contributed by atoms with E-state index in [1.807, 2.05) is 0 Å². The van der Waals surface area contributed by atoms with E-state index in [2.05, 4.69) is 83.6 Å². The van der Waals surface area contributed by atoms with Crippen LogP contribution in [0.25, 0.3) is 0 Å². The third kappa shape index (κ3) is 4.65. The highest BCUT2D eigenvalue weighted by atomic mass is 79.9. The maximum Gasteiger partial charge on any atom is 0.133 e. The molecule has 1 saturated heterocycles. The number of hydrogen-bond donors (Lipinski definition) is 1. The number of rotatable bonds is 6. The summed E-state index contributed by atoms with van der Waals surface area (Å²) in [6.45, 7) is 7.62. The molecule has 1 aliphatic rings. The summed E-state index contributed by atoms with van der Waals surface area (Å²) < 4.78 is 7.08. The molecule has 0 amide bonds. The molecular formula is C22H28BrNO. The highest BCUT2D eigenvalue weighted by molar-refractivity contribution is 9.10. The first kappa shape index (κ1) is 18.5. The van der Waals surface area contributed by atoms with Gasteiger partial charge >= 0.3 is 0 Å². The van der Waals surface area contributed by atoms with Gasteiger partial charge < -0.3 is 10.1 Å². The van der Waals surface area contributed by atoms with E-state index in [1.54, 1.807) is 0 Å². The van der Waals surface area contributed by atoms with Crippen LogP contribution in [-0.2, 0) is 5.41 Å². The Labute approximate surface area is 160 Å². The van der Waals surface area contributed by atoms with Crippen LogP contribution in [-0.4, -0.2) is 19.7 Å². The Balaban J connectivity index is 1.64. The van der Waals surface area contributed by atoms with Crippen molar-refractivity contribution in [3.63, 3.8) is 0 Å². The average molecular weight is 402 g/mol. The van der Waals surface area contributed by atoms with Crippen LogP contribution in [0.3, 0.4) is 0 Å². The van der Waals surface area contributed by atoms with Crippen molar-refractivity contribution < 1.29 is 4.74 Å². The van der Waals surface area contributed by atoms with Crippen molar-refractivity contribution in [2.45, 2.75) is 38.5 Å². The van der Waals surface area contributed by atoms with E-state index in [0.717, 1.165) is 35.7 Å². The number of halogens is 1. The zero-order chi connectivity index (χ0) is 17.7. The minimum absolute atomic E-state index is 0.0317. The Morgan fingerprint density at radius 3 is 2.60 bits per heavy atom. The summed E-state index contributed by atoms with van der Waals surface area (Å²) in [6.07, 6.45) is 3.73. The van der Waals surface area contributed by atoms with Crippen LogP contribution in [0.4, 0.5) is 0 Å². The van der Waals surface area contributed by atoms with E-state index in [-0.39, 0.29) is 5.41 Å². The summed E-state index contributed by atoms with van der Waals surface area (Å²) >= 11 is 3.70. The quantitative estimate of drug-likeness (QED) is 0.685. The van der Waals surface area contributed by atoms with Crippen LogP contribution >= 0.6 is 15.9 Å². The summed E-state index contributed by atoms with van der Waals surface area (Å²) in [5.74, 6) is 1.69. The van der Waals surface area contributed by atoms with E-state index in [1.165, 1.54) is 30.5 Å². The standard InChI is InChI=1S/C22H28BrNO/c1-22(2,18-8-4-3-5-9-18)19-10-11-21(20(23)15-19)25-14-12-17-7-6-13-24-16-17/h3-5,8-11,15,17,24H,6-7,12-14,16H2,1-2H3/t17-/m1/s1. The van der Waals surface area contributed by atoms with Gasteiger partial charge in [0, 0.05) is 5.41 Å². The first-order valence-electron chi connectivity index (χ1n) is 9.26. The molecule has 3 rings (SSSR count). The van der Waals surface area contributed by atoms with Crippen LogP contribution in [0.15, 0.2) is 53.0 Å². The topological polar surface area (TPSA) is 21.3 Å². The molecule has 0 radical (unpaired) electrons.